The first-order chi connectivity index (χ1) is 9.97. The van der Waals surface area contributed by atoms with Crippen molar-refractivity contribution in [3.05, 3.63) is 0 Å². The molecule has 2 fully saturated rings. The minimum absolute atomic E-state index is 0.112. The van der Waals surface area contributed by atoms with Crippen molar-refractivity contribution >= 4 is 0 Å². The average Bonchev–Trinajstić information content (AvgIpc) is 2.43. The Hall–Kier alpha value is -0.560. The molecule has 2 rings (SSSR count). The third kappa shape index (κ3) is 4.71. The van der Waals surface area contributed by atoms with Crippen LogP contribution in [0.3, 0.4) is 0 Å². The van der Waals surface area contributed by atoms with Gasteiger partial charge >= 0.3 is 0 Å². The Balaban J connectivity index is 1.91. The molecule has 2 aliphatic heterocycles. The lowest BCUT2D eigenvalue weighted by atomic mass is 9.68. The minimum atomic E-state index is 0.112. The lowest BCUT2D eigenvalue weighted by molar-refractivity contribution is -0.906. The maximum Gasteiger partial charge on any atom is 0.139 e. The predicted octanol–water partition coefficient (Wildman–Crippen LogP) is -0.221. The standard InChI is InChI=1S/C18H32N2O/c1-5-17(2)15-18(10-14-21-17)9-8-13-20(16-18)12-7-6-11-19(3)4/h5,8-16H2,1-4H3/p+2/t17-,18-/m1/s1. The van der Waals surface area contributed by atoms with Gasteiger partial charge < -0.3 is 14.5 Å². The van der Waals surface area contributed by atoms with E-state index in [2.05, 4.69) is 39.8 Å². The molecule has 1 spiro atoms. The molecule has 120 valence electrons. The van der Waals surface area contributed by atoms with Gasteiger partial charge in [0.15, 0.2) is 0 Å². The molecule has 3 nitrogen and oxygen atoms in total. The van der Waals surface area contributed by atoms with Crippen LogP contribution in [0.2, 0.25) is 0 Å². The van der Waals surface area contributed by atoms with E-state index >= 15 is 0 Å². The second-order valence-electron chi connectivity index (χ2n) is 7.77. The highest BCUT2D eigenvalue weighted by Gasteiger charge is 2.46. The van der Waals surface area contributed by atoms with Crippen molar-refractivity contribution in [2.45, 2.75) is 51.6 Å². The maximum absolute atomic E-state index is 6.06. The van der Waals surface area contributed by atoms with E-state index in [1.807, 2.05) is 0 Å². The molecule has 0 aromatic carbocycles. The number of nitrogens with one attached hydrogen (secondary N) is 2. The fraction of sp³-hybridized carbons (Fsp3) is 0.889. The van der Waals surface area contributed by atoms with Crippen molar-refractivity contribution in [2.75, 3.05) is 46.9 Å². The molecule has 2 N–H and O–H groups in total. The van der Waals surface area contributed by atoms with Crippen LogP contribution in [-0.2, 0) is 4.74 Å². The van der Waals surface area contributed by atoms with Gasteiger partial charge in [-0.15, -0.1) is 0 Å². The Bertz CT molecular complexity index is 394. The summed E-state index contributed by atoms with van der Waals surface area (Å²) in [5, 5.41) is 0. The van der Waals surface area contributed by atoms with Crippen LogP contribution in [0.15, 0.2) is 0 Å². The molecule has 21 heavy (non-hydrogen) atoms. The zero-order valence-electron chi connectivity index (χ0n) is 14.5. The van der Waals surface area contributed by atoms with Crippen molar-refractivity contribution < 1.29 is 14.5 Å². The summed E-state index contributed by atoms with van der Waals surface area (Å²) >= 11 is 0. The Morgan fingerprint density at radius 3 is 2.76 bits per heavy atom. The maximum atomic E-state index is 6.06. The summed E-state index contributed by atoms with van der Waals surface area (Å²) in [6, 6.07) is 0. The van der Waals surface area contributed by atoms with Crippen molar-refractivity contribution in [3.63, 3.8) is 0 Å². The van der Waals surface area contributed by atoms with E-state index in [0.29, 0.717) is 5.41 Å². The third-order valence-electron chi connectivity index (χ3n) is 5.35. The van der Waals surface area contributed by atoms with Crippen molar-refractivity contribution in [1.82, 2.24) is 0 Å². The molecular weight excluding hydrogens is 260 g/mol. The molecule has 3 heteroatoms. The summed E-state index contributed by atoms with van der Waals surface area (Å²) in [5.74, 6) is 6.72. The number of likely N-dealkylation sites (tertiary alicyclic amines) is 1. The van der Waals surface area contributed by atoms with Crippen LogP contribution in [0.4, 0.5) is 0 Å². The van der Waals surface area contributed by atoms with Gasteiger partial charge in [-0.2, -0.15) is 0 Å². The SMILES string of the molecule is CC[C@]1(C)C[C@@]2(CCC[NH+](CC#CC[NH+](C)C)C2)CCO1. The van der Waals surface area contributed by atoms with Crippen LogP contribution < -0.4 is 9.80 Å². The van der Waals surface area contributed by atoms with Gasteiger partial charge in [-0.3, -0.25) is 0 Å². The number of quaternary nitrogens is 2. The lowest BCUT2D eigenvalue weighted by Crippen LogP contribution is -3.14. The van der Waals surface area contributed by atoms with Gasteiger partial charge in [0, 0.05) is 12.0 Å². The fourth-order valence-corrected chi connectivity index (χ4v) is 4.04. The zero-order valence-corrected chi connectivity index (χ0v) is 14.5. The molecule has 0 aromatic heterocycles. The predicted molar refractivity (Wildman–Crippen MR) is 86.6 cm³/mol. The fourth-order valence-electron chi connectivity index (χ4n) is 4.04. The summed E-state index contributed by atoms with van der Waals surface area (Å²) in [5.41, 5.74) is 0.631. The van der Waals surface area contributed by atoms with E-state index in [-0.39, 0.29) is 5.60 Å². The molecule has 2 heterocycles. The number of hydrogen-bond acceptors (Lipinski definition) is 1. The van der Waals surface area contributed by atoms with Gasteiger partial charge in [-0.25, -0.2) is 0 Å². The molecule has 0 saturated carbocycles. The highest BCUT2D eigenvalue weighted by atomic mass is 16.5. The Morgan fingerprint density at radius 1 is 1.24 bits per heavy atom. The van der Waals surface area contributed by atoms with Crippen LogP contribution in [-0.4, -0.2) is 52.5 Å². The summed E-state index contributed by atoms with van der Waals surface area (Å²) in [7, 11) is 4.32. The normalized spacial score (nSPS) is 36.5. The molecular formula is C18H34N2O+2. The van der Waals surface area contributed by atoms with E-state index < -0.39 is 0 Å². The monoisotopic (exact) mass is 294 g/mol. The van der Waals surface area contributed by atoms with Gasteiger partial charge in [0.25, 0.3) is 0 Å². The molecule has 3 atom stereocenters. The van der Waals surface area contributed by atoms with Gasteiger partial charge in [0.05, 0.1) is 32.8 Å². The van der Waals surface area contributed by atoms with Crippen LogP contribution in [0.1, 0.15) is 46.0 Å². The van der Waals surface area contributed by atoms with Gasteiger partial charge in [-0.05, 0) is 50.9 Å². The molecule has 0 amide bonds. The zero-order chi connectivity index (χ0) is 15.3. The highest BCUT2D eigenvalue weighted by Crippen LogP contribution is 2.43. The van der Waals surface area contributed by atoms with E-state index in [9.17, 15) is 0 Å². The van der Waals surface area contributed by atoms with Gasteiger partial charge in [0.2, 0.25) is 0 Å². The van der Waals surface area contributed by atoms with Gasteiger partial charge in [-0.1, -0.05) is 6.92 Å². The molecule has 2 aliphatic rings. The molecule has 0 aromatic rings. The second-order valence-corrected chi connectivity index (χ2v) is 7.77. The van der Waals surface area contributed by atoms with E-state index in [1.54, 1.807) is 4.90 Å². The number of ether oxygens (including phenoxy) is 1. The minimum Gasteiger partial charge on any atom is -0.375 e. The first-order valence-electron chi connectivity index (χ1n) is 8.69. The molecule has 0 radical (unpaired) electrons. The highest BCUT2D eigenvalue weighted by molar-refractivity contribution is 4.99. The molecule has 0 bridgehead atoms. The number of piperidine rings is 1. The Morgan fingerprint density at radius 2 is 2.05 bits per heavy atom. The van der Waals surface area contributed by atoms with E-state index in [1.165, 1.54) is 43.7 Å². The van der Waals surface area contributed by atoms with E-state index in [4.69, 9.17) is 4.74 Å². The Kier molecular flexibility index (Phi) is 5.71. The summed E-state index contributed by atoms with van der Waals surface area (Å²) in [6.45, 7) is 10.1. The van der Waals surface area contributed by atoms with Crippen LogP contribution >= 0.6 is 0 Å². The average molecular weight is 294 g/mol. The Labute approximate surface area is 131 Å². The lowest BCUT2D eigenvalue weighted by Gasteiger charge is -2.48. The smallest absolute Gasteiger partial charge is 0.139 e. The third-order valence-corrected chi connectivity index (χ3v) is 5.35. The van der Waals surface area contributed by atoms with Crippen LogP contribution in [0, 0.1) is 17.3 Å². The first-order valence-corrected chi connectivity index (χ1v) is 8.69. The van der Waals surface area contributed by atoms with E-state index in [0.717, 1.165) is 26.1 Å². The number of rotatable bonds is 3. The summed E-state index contributed by atoms with van der Waals surface area (Å²) < 4.78 is 6.06. The van der Waals surface area contributed by atoms with Crippen LogP contribution in [0.5, 0.6) is 0 Å². The van der Waals surface area contributed by atoms with Gasteiger partial charge in [0.1, 0.15) is 13.1 Å². The first kappa shape index (κ1) is 16.8. The molecule has 0 aliphatic carbocycles. The topological polar surface area (TPSA) is 18.1 Å². The summed E-state index contributed by atoms with van der Waals surface area (Å²) in [4.78, 5) is 3.11. The molecule has 1 unspecified atom stereocenters. The number of hydrogen-bond donors (Lipinski definition) is 2. The van der Waals surface area contributed by atoms with Crippen LogP contribution in [0.25, 0.3) is 0 Å². The largest absolute Gasteiger partial charge is 0.375 e. The van der Waals surface area contributed by atoms with Crippen molar-refractivity contribution in [3.8, 4) is 11.8 Å². The van der Waals surface area contributed by atoms with Crippen molar-refractivity contribution in [1.29, 1.82) is 0 Å². The summed E-state index contributed by atoms with van der Waals surface area (Å²) in [6.07, 6.45) is 6.38. The quantitative estimate of drug-likeness (QED) is 0.689. The van der Waals surface area contributed by atoms with Crippen molar-refractivity contribution in [2.24, 2.45) is 5.41 Å². The molecule has 2 saturated heterocycles. The second kappa shape index (κ2) is 7.13.